The van der Waals surface area contributed by atoms with Crippen molar-refractivity contribution in [2.75, 3.05) is 18.1 Å². The highest BCUT2D eigenvalue weighted by molar-refractivity contribution is 6.34. The van der Waals surface area contributed by atoms with E-state index in [9.17, 15) is 13.2 Å². The first-order valence-corrected chi connectivity index (χ1v) is 7.39. The smallest absolute Gasteiger partial charge is 0.371 e. The highest BCUT2D eigenvalue weighted by Crippen LogP contribution is 2.39. The quantitative estimate of drug-likeness (QED) is 0.795. The number of ether oxygens (including phenoxy) is 1. The summed E-state index contributed by atoms with van der Waals surface area (Å²) < 4.78 is 41.3. The lowest BCUT2D eigenvalue weighted by molar-refractivity contribution is -0.325. The van der Waals surface area contributed by atoms with E-state index in [1.54, 1.807) is 11.0 Å². The third-order valence-corrected chi connectivity index (χ3v) is 4.39. The highest BCUT2D eigenvalue weighted by atomic mass is 19.4. The molecule has 2 heterocycles. The Morgan fingerprint density at radius 2 is 2.04 bits per heavy atom. The summed E-state index contributed by atoms with van der Waals surface area (Å²) in [6, 6.07) is 3.07. The first-order chi connectivity index (χ1) is 10.8. The molecule has 6 radical (unpaired) electrons. The molecule has 3 nitrogen and oxygen atoms in total. The summed E-state index contributed by atoms with van der Waals surface area (Å²) in [5.74, 6) is -0.963. The van der Waals surface area contributed by atoms with Crippen LogP contribution in [0.1, 0.15) is 11.1 Å². The summed E-state index contributed by atoms with van der Waals surface area (Å²) in [7, 11) is 18.3. The largest absolute Gasteiger partial charge is 0.522 e. The number of nitrogens with one attached hydrogen (secondary N) is 1. The Morgan fingerprint density at radius 1 is 1.30 bits per heavy atom. The van der Waals surface area contributed by atoms with Crippen molar-refractivity contribution in [3.63, 3.8) is 0 Å². The van der Waals surface area contributed by atoms with Crippen molar-refractivity contribution in [3.8, 4) is 0 Å². The van der Waals surface area contributed by atoms with Crippen molar-refractivity contribution in [1.29, 1.82) is 0 Å². The number of hydrogen-bond acceptors (Lipinski definition) is 3. The van der Waals surface area contributed by atoms with E-state index < -0.39 is 25.0 Å². The molecular weight excluding hydrogens is 302 g/mol. The number of anilines is 1. The Balaban J connectivity index is 2.00. The molecule has 0 aromatic heterocycles. The molecule has 0 spiro atoms. The van der Waals surface area contributed by atoms with E-state index in [2.05, 4.69) is 10.1 Å². The molecule has 0 saturated heterocycles. The Kier molecular flexibility index (Phi) is 4.44. The fourth-order valence-electron chi connectivity index (χ4n) is 3.32. The standard InChI is InChI=1S/C14H14B3F3N2O/c15-10-2-1-7-3-11(16)13(17)22-8(6-23-14(18,19)20)4-21-5-9(10)12(7)22/h1-2,8,11,13,21H,3-6H2. The number of rotatable bonds is 2. The maximum atomic E-state index is 12.4. The van der Waals surface area contributed by atoms with Gasteiger partial charge in [0.15, 0.2) is 0 Å². The van der Waals surface area contributed by atoms with Gasteiger partial charge in [0.05, 0.1) is 28.3 Å². The van der Waals surface area contributed by atoms with E-state index in [0.717, 1.165) is 16.8 Å². The average Bonchev–Trinajstić information content (AvgIpc) is 2.66. The predicted molar refractivity (Wildman–Crippen MR) is 84.6 cm³/mol. The molecule has 1 aromatic rings. The van der Waals surface area contributed by atoms with Crippen LogP contribution in [0.4, 0.5) is 18.9 Å². The summed E-state index contributed by atoms with van der Waals surface area (Å²) in [5, 5.41) is 3.12. The normalized spacial score (nSPS) is 27.4. The van der Waals surface area contributed by atoms with Gasteiger partial charge in [0, 0.05) is 18.8 Å². The number of nitrogens with zero attached hydrogens (tertiary/aromatic N) is 1. The van der Waals surface area contributed by atoms with Gasteiger partial charge in [0.25, 0.3) is 0 Å². The molecule has 0 amide bonds. The van der Waals surface area contributed by atoms with Crippen molar-refractivity contribution in [3.05, 3.63) is 23.3 Å². The van der Waals surface area contributed by atoms with Crippen molar-refractivity contribution >= 4 is 34.7 Å². The van der Waals surface area contributed by atoms with Crippen molar-refractivity contribution in [2.45, 2.75) is 37.1 Å². The van der Waals surface area contributed by atoms with Crippen LogP contribution in [0.5, 0.6) is 0 Å². The average molecular weight is 316 g/mol. The SMILES string of the molecule is [B]c1ccc2c3c1CNCC(COC(F)(F)F)N3C([B])C([B])C2. The lowest BCUT2D eigenvalue weighted by atomic mass is 9.64. The first-order valence-electron chi connectivity index (χ1n) is 7.39. The van der Waals surface area contributed by atoms with Crippen LogP contribution >= 0.6 is 0 Å². The summed E-state index contributed by atoms with van der Waals surface area (Å²) >= 11 is 0. The molecule has 23 heavy (non-hydrogen) atoms. The molecule has 9 heteroatoms. The first kappa shape index (κ1) is 16.8. The summed E-state index contributed by atoms with van der Waals surface area (Å²) in [6.45, 7) is 0.241. The summed E-state index contributed by atoms with van der Waals surface area (Å²) in [4.78, 5) is 1.74. The molecule has 0 fully saturated rings. The second-order valence-electron chi connectivity index (χ2n) is 5.95. The number of halogens is 3. The van der Waals surface area contributed by atoms with Crippen LogP contribution in [0.3, 0.4) is 0 Å². The van der Waals surface area contributed by atoms with Crippen LogP contribution in [-0.4, -0.2) is 55.0 Å². The minimum absolute atomic E-state index is 0.296. The van der Waals surface area contributed by atoms with Crippen molar-refractivity contribution in [1.82, 2.24) is 5.32 Å². The number of hydrogen-bond donors (Lipinski definition) is 1. The molecule has 0 saturated carbocycles. The van der Waals surface area contributed by atoms with E-state index in [1.807, 2.05) is 6.07 Å². The topological polar surface area (TPSA) is 24.5 Å². The van der Waals surface area contributed by atoms with Gasteiger partial charge in [-0.2, -0.15) is 0 Å². The van der Waals surface area contributed by atoms with Crippen molar-refractivity contribution in [2.24, 2.45) is 0 Å². The Bertz CT molecular complexity index is 599. The molecule has 0 aliphatic carbocycles. The molecule has 2 aliphatic heterocycles. The monoisotopic (exact) mass is 316 g/mol. The molecule has 3 rings (SSSR count). The van der Waals surface area contributed by atoms with Gasteiger partial charge in [-0.3, -0.25) is 4.74 Å². The van der Waals surface area contributed by atoms with Gasteiger partial charge in [-0.15, -0.1) is 13.2 Å². The zero-order valence-corrected chi connectivity index (χ0v) is 12.4. The molecule has 116 valence electrons. The van der Waals surface area contributed by atoms with Crippen LogP contribution in [0.25, 0.3) is 0 Å². The van der Waals surface area contributed by atoms with Gasteiger partial charge in [-0.05, 0) is 23.5 Å². The molecular formula is C14H14B3F3N2O. The van der Waals surface area contributed by atoms with Crippen LogP contribution in [0.2, 0.25) is 5.82 Å². The van der Waals surface area contributed by atoms with E-state index in [0.29, 0.717) is 25.0 Å². The maximum absolute atomic E-state index is 12.4. The molecule has 3 atom stereocenters. The van der Waals surface area contributed by atoms with E-state index >= 15 is 0 Å². The van der Waals surface area contributed by atoms with Crippen LogP contribution in [0, 0.1) is 0 Å². The Labute approximate surface area is 137 Å². The lowest BCUT2D eigenvalue weighted by Crippen LogP contribution is -2.54. The fraction of sp³-hybridized carbons (Fsp3) is 0.571. The predicted octanol–water partition coefficient (Wildman–Crippen LogP) is 0.303. The highest BCUT2D eigenvalue weighted by Gasteiger charge is 2.38. The maximum Gasteiger partial charge on any atom is 0.522 e. The minimum Gasteiger partial charge on any atom is -0.371 e. The number of alkyl halides is 3. The third-order valence-electron chi connectivity index (χ3n) is 4.39. The van der Waals surface area contributed by atoms with Crippen molar-refractivity contribution < 1.29 is 17.9 Å². The zero-order valence-electron chi connectivity index (χ0n) is 12.4. The van der Waals surface area contributed by atoms with Gasteiger partial charge in [-0.1, -0.05) is 23.4 Å². The summed E-state index contributed by atoms with van der Waals surface area (Å²) in [6.07, 6.45) is -4.12. The van der Waals surface area contributed by atoms with Gasteiger partial charge >= 0.3 is 6.36 Å². The van der Waals surface area contributed by atoms with Crippen LogP contribution in [0.15, 0.2) is 12.1 Å². The second-order valence-corrected chi connectivity index (χ2v) is 5.95. The van der Waals surface area contributed by atoms with Gasteiger partial charge in [-0.25, -0.2) is 0 Å². The van der Waals surface area contributed by atoms with Gasteiger partial charge < -0.3 is 10.2 Å². The number of benzene rings is 1. The molecule has 3 unspecified atom stereocenters. The minimum atomic E-state index is -4.68. The van der Waals surface area contributed by atoms with E-state index in [4.69, 9.17) is 23.5 Å². The Hall–Kier alpha value is -1.08. The van der Waals surface area contributed by atoms with Gasteiger partial charge in [0.1, 0.15) is 7.85 Å². The molecule has 1 aromatic carbocycles. The molecule has 1 N–H and O–H groups in total. The van der Waals surface area contributed by atoms with Crippen LogP contribution < -0.4 is 15.7 Å². The summed E-state index contributed by atoms with van der Waals surface area (Å²) in [5.41, 5.74) is 3.17. The zero-order chi connectivity index (χ0) is 16.8. The third kappa shape index (κ3) is 3.26. The second kappa shape index (κ2) is 6.09. The molecule has 0 bridgehead atoms. The van der Waals surface area contributed by atoms with E-state index in [-0.39, 0.29) is 5.82 Å². The lowest BCUT2D eigenvalue weighted by Gasteiger charge is -2.46. The molecule has 2 aliphatic rings. The Morgan fingerprint density at radius 3 is 2.74 bits per heavy atom. The van der Waals surface area contributed by atoms with Crippen LogP contribution in [-0.2, 0) is 17.7 Å². The fourth-order valence-corrected chi connectivity index (χ4v) is 3.32. The van der Waals surface area contributed by atoms with E-state index in [1.165, 1.54) is 0 Å². The van der Waals surface area contributed by atoms with Gasteiger partial charge in [0.2, 0.25) is 0 Å².